The summed E-state index contributed by atoms with van der Waals surface area (Å²) in [6.07, 6.45) is 3.16. The van der Waals surface area contributed by atoms with Crippen LogP contribution in [0.25, 0.3) is 0 Å². The van der Waals surface area contributed by atoms with Crippen molar-refractivity contribution in [1.29, 1.82) is 0 Å². The normalized spacial score (nSPS) is 13.7. The van der Waals surface area contributed by atoms with Gasteiger partial charge in [-0.1, -0.05) is 0 Å². The van der Waals surface area contributed by atoms with Gasteiger partial charge in [0.2, 0.25) is 0 Å². The second kappa shape index (κ2) is 7.12. The second-order valence-corrected chi connectivity index (χ2v) is 5.54. The molecule has 0 aliphatic heterocycles. The maximum absolute atomic E-state index is 11.5. The molecule has 0 fully saturated rings. The number of rotatable bonds is 6. The topological polar surface area (TPSA) is 38.3 Å². The number of thioether (sulfide) groups is 1. The molecule has 1 atom stereocenters. The van der Waals surface area contributed by atoms with Crippen LogP contribution >= 0.6 is 11.8 Å². The maximum Gasteiger partial charge on any atom is 0.323 e. The number of hydrogen-bond donors (Lipinski definition) is 1. The molecule has 0 aromatic carbocycles. The molecule has 0 radical (unpaired) electrons. The van der Waals surface area contributed by atoms with Gasteiger partial charge in [-0.25, -0.2) is 0 Å². The Balaban J connectivity index is 3.70. The molecule has 0 rings (SSSR count). The van der Waals surface area contributed by atoms with Crippen molar-refractivity contribution in [3.8, 4) is 0 Å². The Bertz CT molecular complexity index is 190. The number of hydrogen-bond acceptors (Lipinski definition) is 4. The SMILES string of the molecule is CSCCCNC(C)C(=O)OC(C)(C)C. The van der Waals surface area contributed by atoms with Gasteiger partial charge in [-0.15, -0.1) is 0 Å². The van der Waals surface area contributed by atoms with Crippen molar-refractivity contribution in [3.63, 3.8) is 0 Å². The average molecular weight is 233 g/mol. The molecule has 0 heterocycles. The molecule has 0 saturated heterocycles. The molecule has 0 spiro atoms. The summed E-state index contributed by atoms with van der Waals surface area (Å²) in [5.74, 6) is 0.945. The molecular weight excluding hydrogens is 210 g/mol. The van der Waals surface area contributed by atoms with Gasteiger partial charge in [-0.3, -0.25) is 4.79 Å². The van der Waals surface area contributed by atoms with Crippen LogP contribution in [0.2, 0.25) is 0 Å². The van der Waals surface area contributed by atoms with Crippen molar-refractivity contribution >= 4 is 17.7 Å². The lowest BCUT2D eigenvalue weighted by atomic mass is 10.2. The van der Waals surface area contributed by atoms with Gasteiger partial charge in [0.15, 0.2) is 0 Å². The highest BCUT2D eigenvalue weighted by atomic mass is 32.2. The Morgan fingerprint density at radius 2 is 2.07 bits per heavy atom. The summed E-state index contributed by atoms with van der Waals surface area (Å²) in [6, 6.07) is -0.217. The monoisotopic (exact) mass is 233 g/mol. The highest BCUT2D eigenvalue weighted by Crippen LogP contribution is 2.08. The largest absolute Gasteiger partial charge is 0.459 e. The summed E-state index contributed by atoms with van der Waals surface area (Å²) >= 11 is 1.82. The van der Waals surface area contributed by atoms with Crippen LogP contribution < -0.4 is 5.32 Å². The minimum atomic E-state index is -0.397. The van der Waals surface area contributed by atoms with Crippen molar-refractivity contribution in [1.82, 2.24) is 5.32 Å². The molecule has 0 saturated carbocycles. The van der Waals surface area contributed by atoms with Gasteiger partial charge in [0.05, 0.1) is 0 Å². The van der Waals surface area contributed by atoms with Crippen LogP contribution in [0.1, 0.15) is 34.1 Å². The van der Waals surface area contributed by atoms with Crippen LogP contribution in [0.4, 0.5) is 0 Å². The summed E-state index contributed by atoms with van der Waals surface area (Å²) in [7, 11) is 0. The summed E-state index contributed by atoms with van der Waals surface area (Å²) in [4.78, 5) is 11.5. The third kappa shape index (κ3) is 8.75. The number of esters is 1. The summed E-state index contributed by atoms with van der Waals surface area (Å²) < 4.78 is 5.25. The molecule has 0 bridgehead atoms. The Morgan fingerprint density at radius 1 is 1.47 bits per heavy atom. The van der Waals surface area contributed by atoms with E-state index in [1.807, 2.05) is 39.5 Å². The number of nitrogens with one attached hydrogen (secondary N) is 1. The van der Waals surface area contributed by atoms with E-state index >= 15 is 0 Å². The average Bonchev–Trinajstić information content (AvgIpc) is 2.09. The molecule has 0 aromatic heterocycles. The predicted molar refractivity (Wildman–Crippen MR) is 66.3 cm³/mol. The molecule has 0 amide bonds. The van der Waals surface area contributed by atoms with Gasteiger partial charge in [0, 0.05) is 0 Å². The fourth-order valence-corrected chi connectivity index (χ4v) is 1.44. The summed E-state index contributed by atoms with van der Waals surface area (Å²) in [6.45, 7) is 8.34. The maximum atomic E-state index is 11.5. The number of ether oxygens (including phenoxy) is 1. The van der Waals surface area contributed by atoms with Crippen molar-refractivity contribution < 1.29 is 9.53 Å². The van der Waals surface area contributed by atoms with E-state index in [1.54, 1.807) is 0 Å². The van der Waals surface area contributed by atoms with E-state index in [4.69, 9.17) is 4.74 Å². The summed E-state index contributed by atoms with van der Waals surface area (Å²) in [5.41, 5.74) is -0.397. The second-order valence-electron chi connectivity index (χ2n) is 4.56. The van der Waals surface area contributed by atoms with Gasteiger partial charge in [-0.2, -0.15) is 11.8 Å². The van der Waals surface area contributed by atoms with Crippen molar-refractivity contribution in [2.24, 2.45) is 0 Å². The van der Waals surface area contributed by atoms with E-state index in [-0.39, 0.29) is 12.0 Å². The van der Waals surface area contributed by atoms with Crippen LogP contribution in [0.3, 0.4) is 0 Å². The smallest absolute Gasteiger partial charge is 0.323 e. The van der Waals surface area contributed by atoms with E-state index in [0.29, 0.717) is 0 Å². The zero-order valence-electron chi connectivity index (χ0n) is 10.4. The first kappa shape index (κ1) is 14.8. The van der Waals surface area contributed by atoms with Crippen molar-refractivity contribution in [2.45, 2.75) is 45.8 Å². The van der Waals surface area contributed by atoms with E-state index in [2.05, 4.69) is 11.6 Å². The lowest BCUT2D eigenvalue weighted by molar-refractivity contribution is -0.156. The van der Waals surface area contributed by atoms with Gasteiger partial charge >= 0.3 is 5.97 Å². The van der Waals surface area contributed by atoms with E-state index in [9.17, 15) is 4.79 Å². The Kier molecular flexibility index (Phi) is 7.02. The molecule has 3 nitrogen and oxygen atoms in total. The number of carbonyl (C=O) groups excluding carboxylic acids is 1. The minimum Gasteiger partial charge on any atom is -0.459 e. The fourth-order valence-electron chi connectivity index (χ4n) is 1.01. The minimum absolute atomic E-state index is 0.174. The van der Waals surface area contributed by atoms with Crippen LogP contribution in [0.15, 0.2) is 0 Å². The highest BCUT2D eigenvalue weighted by molar-refractivity contribution is 7.98. The van der Waals surface area contributed by atoms with E-state index in [0.717, 1.165) is 18.7 Å². The zero-order chi connectivity index (χ0) is 11.9. The van der Waals surface area contributed by atoms with Crippen LogP contribution in [-0.2, 0) is 9.53 Å². The fraction of sp³-hybridized carbons (Fsp3) is 0.909. The Labute approximate surface area is 97.3 Å². The molecule has 15 heavy (non-hydrogen) atoms. The van der Waals surface area contributed by atoms with Crippen LogP contribution in [0.5, 0.6) is 0 Å². The van der Waals surface area contributed by atoms with Gasteiger partial charge in [0.25, 0.3) is 0 Å². The van der Waals surface area contributed by atoms with Crippen molar-refractivity contribution in [3.05, 3.63) is 0 Å². The van der Waals surface area contributed by atoms with Crippen LogP contribution in [0, 0.1) is 0 Å². The van der Waals surface area contributed by atoms with Gasteiger partial charge in [-0.05, 0) is 52.7 Å². The Morgan fingerprint density at radius 3 is 2.53 bits per heavy atom. The lowest BCUT2D eigenvalue weighted by Crippen LogP contribution is -2.39. The predicted octanol–water partition coefficient (Wildman–Crippen LogP) is 2.06. The van der Waals surface area contributed by atoms with Gasteiger partial charge in [0.1, 0.15) is 11.6 Å². The Hall–Kier alpha value is -0.220. The molecule has 1 N–H and O–H groups in total. The van der Waals surface area contributed by atoms with E-state index < -0.39 is 5.60 Å². The first-order valence-electron chi connectivity index (χ1n) is 5.32. The molecular formula is C11H23NO2S. The standard InChI is InChI=1S/C11H23NO2S/c1-9(12-7-6-8-15-5)10(13)14-11(2,3)4/h9,12H,6-8H2,1-5H3. The van der Waals surface area contributed by atoms with Crippen molar-refractivity contribution in [2.75, 3.05) is 18.6 Å². The molecule has 0 aliphatic rings. The molecule has 1 unspecified atom stereocenters. The molecule has 4 heteroatoms. The third-order valence-electron chi connectivity index (χ3n) is 1.74. The van der Waals surface area contributed by atoms with Crippen LogP contribution in [-0.4, -0.2) is 36.2 Å². The third-order valence-corrected chi connectivity index (χ3v) is 2.43. The molecule has 0 aliphatic carbocycles. The zero-order valence-corrected chi connectivity index (χ0v) is 11.2. The number of carbonyl (C=O) groups is 1. The van der Waals surface area contributed by atoms with Gasteiger partial charge < -0.3 is 10.1 Å². The quantitative estimate of drug-likeness (QED) is 0.563. The summed E-state index contributed by atoms with van der Waals surface area (Å²) in [5, 5.41) is 3.15. The molecule has 0 aromatic rings. The lowest BCUT2D eigenvalue weighted by Gasteiger charge is -2.22. The van der Waals surface area contributed by atoms with E-state index in [1.165, 1.54) is 0 Å². The first-order valence-corrected chi connectivity index (χ1v) is 6.71. The molecule has 90 valence electrons. The first-order chi connectivity index (χ1) is 6.87. The highest BCUT2D eigenvalue weighted by Gasteiger charge is 2.20.